The van der Waals surface area contributed by atoms with Gasteiger partial charge in [-0.3, -0.25) is 0 Å². The number of hydrogen-bond donors (Lipinski definition) is 3. The van der Waals surface area contributed by atoms with Crippen LogP contribution in [-0.4, -0.2) is 42.6 Å². The van der Waals surface area contributed by atoms with E-state index >= 15 is 0 Å². The van der Waals surface area contributed by atoms with Crippen LogP contribution in [0, 0.1) is 5.92 Å². The maximum Gasteiger partial charge on any atom is 0.407 e. The topological polar surface area (TPSA) is 78.8 Å². The van der Waals surface area contributed by atoms with E-state index in [9.17, 15) is 14.7 Å². The van der Waals surface area contributed by atoms with Crippen molar-refractivity contribution < 1.29 is 19.4 Å². The van der Waals surface area contributed by atoms with Crippen molar-refractivity contribution in [3.63, 3.8) is 0 Å². The highest BCUT2D eigenvalue weighted by Crippen LogP contribution is 2.42. The quantitative estimate of drug-likeness (QED) is 0.399. The summed E-state index contributed by atoms with van der Waals surface area (Å²) in [5, 5.41) is 14.1. The number of ether oxygens (including phenoxy) is 1. The summed E-state index contributed by atoms with van der Waals surface area (Å²) in [4.78, 5) is 24.7. The molecule has 0 aliphatic carbocycles. The molecule has 0 aromatic heterocycles. The van der Waals surface area contributed by atoms with E-state index in [1.54, 1.807) is 26.8 Å². The van der Waals surface area contributed by atoms with Gasteiger partial charge in [-0.1, -0.05) is 80.6 Å². The zero-order valence-electron chi connectivity index (χ0n) is 19.8. The molecule has 174 valence electrons. The van der Waals surface area contributed by atoms with E-state index in [0.29, 0.717) is 6.42 Å². The van der Waals surface area contributed by atoms with Crippen molar-refractivity contribution in [2.45, 2.75) is 57.7 Å². The highest BCUT2D eigenvalue weighted by molar-refractivity contribution is 6.98. The normalized spacial score (nSPS) is 14.3. The molecule has 0 saturated carbocycles. The number of aliphatic hydroxyl groups excluding tert-OH is 1. The first-order valence-corrected chi connectivity index (χ1v) is 13.0. The Bertz CT molecular complexity index is 838. The van der Waals surface area contributed by atoms with Crippen LogP contribution in [0.2, 0.25) is 5.04 Å². The third-order valence-electron chi connectivity index (χ3n) is 5.83. The second kappa shape index (κ2) is 10.5. The zero-order chi connectivity index (χ0) is 24.0. The van der Waals surface area contributed by atoms with Gasteiger partial charge in [0.05, 0.1) is 12.6 Å². The molecule has 2 rings (SSSR count). The van der Waals surface area contributed by atoms with Gasteiger partial charge in [-0.05, 0) is 48.5 Å². The van der Waals surface area contributed by atoms with Crippen LogP contribution in [-0.2, 0) is 4.74 Å². The molecule has 2 aromatic rings. The van der Waals surface area contributed by atoms with Crippen LogP contribution < -0.4 is 15.7 Å². The molecule has 0 aliphatic heterocycles. The lowest BCUT2D eigenvalue weighted by molar-refractivity contribution is 0.0460. The van der Waals surface area contributed by atoms with Gasteiger partial charge in [0.2, 0.25) is 0 Å². The van der Waals surface area contributed by atoms with Crippen molar-refractivity contribution in [1.82, 2.24) is 5.32 Å². The average Bonchev–Trinajstić information content (AvgIpc) is 2.75. The lowest BCUT2D eigenvalue weighted by Gasteiger charge is -2.43. The molecule has 3 N–H and O–H groups in total. The molecule has 0 heterocycles. The molecule has 0 saturated heterocycles. The Hall–Kier alpha value is -2.41. The van der Waals surface area contributed by atoms with Gasteiger partial charge >= 0.3 is 6.09 Å². The SMILES string of the molecule is C=C[C@@H](CC(C)(C)[Si](O)(c1ccccc1)c1ccccc1)[C@H](CO)NC(=O)OC(C)(C)C. The molecule has 0 spiro atoms. The summed E-state index contributed by atoms with van der Waals surface area (Å²) in [5.74, 6) is -0.269. The van der Waals surface area contributed by atoms with Gasteiger partial charge in [0.15, 0.2) is 0 Å². The molecule has 2 atom stereocenters. The molecule has 32 heavy (non-hydrogen) atoms. The van der Waals surface area contributed by atoms with Gasteiger partial charge in [-0.15, -0.1) is 6.58 Å². The summed E-state index contributed by atoms with van der Waals surface area (Å²) in [6.45, 7) is 13.2. The lowest BCUT2D eigenvalue weighted by atomic mass is 9.90. The second-order valence-electron chi connectivity index (χ2n) is 9.87. The molecule has 0 aliphatic rings. The number of aliphatic hydroxyl groups is 1. The number of hydrogen-bond acceptors (Lipinski definition) is 4. The summed E-state index contributed by atoms with van der Waals surface area (Å²) in [6, 6.07) is 19.0. The highest BCUT2D eigenvalue weighted by Gasteiger charge is 2.51. The molecule has 0 radical (unpaired) electrons. The fraction of sp³-hybridized carbons (Fsp3) is 0.423. The Morgan fingerprint density at radius 2 is 1.50 bits per heavy atom. The Morgan fingerprint density at radius 1 is 1.03 bits per heavy atom. The number of amides is 1. The van der Waals surface area contributed by atoms with E-state index in [1.807, 2.05) is 60.7 Å². The van der Waals surface area contributed by atoms with Crippen LogP contribution in [0.5, 0.6) is 0 Å². The molecular formula is C26H37NO4Si. The Balaban J connectivity index is 2.39. The number of alkyl carbamates (subject to hydrolysis) is 1. The molecule has 0 unspecified atom stereocenters. The molecular weight excluding hydrogens is 418 g/mol. The van der Waals surface area contributed by atoms with E-state index in [-0.39, 0.29) is 12.5 Å². The lowest BCUT2D eigenvalue weighted by Crippen LogP contribution is -2.66. The minimum atomic E-state index is -3.22. The first kappa shape index (κ1) is 25.8. The van der Waals surface area contributed by atoms with Crippen molar-refractivity contribution >= 4 is 24.8 Å². The summed E-state index contributed by atoms with van der Waals surface area (Å²) in [6.07, 6.45) is 1.68. The van der Waals surface area contributed by atoms with Crippen LogP contribution in [0.1, 0.15) is 41.0 Å². The maximum absolute atomic E-state index is 12.3. The van der Waals surface area contributed by atoms with E-state index in [2.05, 4.69) is 25.7 Å². The third-order valence-corrected chi connectivity index (χ3v) is 10.3. The van der Waals surface area contributed by atoms with E-state index in [1.165, 1.54) is 0 Å². The highest BCUT2D eigenvalue weighted by atomic mass is 28.4. The van der Waals surface area contributed by atoms with Crippen molar-refractivity contribution in [2.24, 2.45) is 5.92 Å². The number of nitrogens with one attached hydrogen (secondary N) is 1. The predicted octanol–water partition coefficient (Wildman–Crippen LogP) is 3.60. The van der Waals surface area contributed by atoms with Crippen molar-refractivity contribution in [3.8, 4) is 0 Å². The third kappa shape index (κ3) is 6.09. The standard InChI is InChI=1S/C26H37NO4Si/c1-7-20(23(19-28)27-24(29)31-25(2,3)4)18-26(5,6)32(30,21-14-10-8-11-15-21)22-16-12-9-13-17-22/h7-17,20,23,28,30H,1,18-19H2,2-6H3,(H,27,29)/t20-,23-/m0/s1. The minimum absolute atomic E-state index is 0.261. The van der Waals surface area contributed by atoms with Gasteiger partial charge in [-0.25, -0.2) is 4.79 Å². The maximum atomic E-state index is 12.3. The largest absolute Gasteiger partial charge is 0.444 e. The van der Waals surface area contributed by atoms with Crippen LogP contribution in [0.25, 0.3) is 0 Å². The van der Waals surface area contributed by atoms with Crippen LogP contribution in [0.4, 0.5) is 4.79 Å². The van der Waals surface area contributed by atoms with Gasteiger partial charge in [0.25, 0.3) is 8.32 Å². The number of carbonyl (C=O) groups excluding carboxylic acids is 1. The number of carbonyl (C=O) groups is 1. The Labute approximate surface area is 193 Å². The average molecular weight is 456 g/mol. The fourth-order valence-electron chi connectivity index (χ4n) is 4.18. The molecule has 1 amide bonds. The first-order chi connectivity index (χ1) is 14.9. The predicted molar refractivity (Wildman–Crippen MR) is 133 cm³/mol. The first-order valence-electron chi connectivity index (χ1n) is 11.0. The summed E-state index contributed by atoms with van der Waals surface area (Å²) in [7, 11) is -3.22. The van der Waals surface area contributed by atoms with Gasteiger partial charge < -0.3 is 20.0 Å². The number of benzene rings is 2. The van der Waals surface area contributed by atoms with E-state index in [4.69, 9.17) is 4.74 Å². The van der Waals surface area contributed by atoms with Gasteiger partial charge in [0, 0.05) is 0 Å². The Morgan fingerprint density at radius 3 is 1.88 bits per heavy atom. The molecule has 0 bridgehead atoms. The van der Waals surface area contributed by atoms with Gasteiger partial charge in [0.1, 0.15) is 5.60 Å². The fourth-order valence-corrected chi connectivity index (χ4v) is 7.96. The molecule has 0 fully saturated rings. The van der Waals surface area contributed by atoms with E-state index < -0.39 is 31.1 Å². The zero-order valence-corrected chi connectivity index (χ0v) is 20.8. The van der Waals surface area contributed by atoms with Crippen LogP contribution in [0.15, 0.2) is 73.3 Å². The van der Waals surface area contributed by atoms with Crippen molar-refractivity contribution in [3.05, 3.63) is 73.3 Å². The second-order valence-corrected chi connectivity index (χ2v) is 13.8. The van der Waals surface area contributed by atoms with Crippen molar-refractivity contribution in [2.75, 3.05) is 6.61 Å². The Kier molecular flexibility index (Phi) is 8.45. The summed E-state index contributed by atoms with van der Waals surface area (Å²) in [5.41, 5.74) is -0.638. The molecule has 2 aromatic carbocycles. The van der Waals surface area contributed by atoms with Crippen LogP contribution >= 0.6 is 0 Å². The van der Waals surface area contributed by atoms with Gasteiger partial charge in [-0.2, -0.15) is 0 Å². The monoisotopic (exact) mass is 455 g/mol. The van der Waals surface area contributed by atoms with Crippen LogP contribution in [0.3, 0.4) is 0 Å². The minimum Gasteiger partial charge on any atom is -0.444 e. The summed E-state index contributed by atoms with van der Waals surface area (Å²) < 4.78 is 5.36. The smallest absolute Gasteiger partial charge is 0.407 e. The van der Waals surface area contributed by atoms with E-state index in [0.717, 1.165) is 10.4 Å². The van der Waals surface area contributed by atoms with Crippen molar-refractivity contribution in [1.29, 1.82) is 0 Å². The summed E-state index contributed by atoms with van der Waals surface area (Å²) >= 11 is 0. The molecule has 5 nitrogen and oxygen atoms in total. The number of rotatable bonds is 9. The molecule has 6 heteroatoms.